The molecule has 0 N–H and O–H groups in total. The lowest BCUT2D eigenvalue weighted by Crippen LogP contribution is -2.41. The number of aromatic nitrogens is 2. The van der Waals surface area contributed by atoms with Crippen molar-refractivity contribution < 1.29 is 13.2 Å². The summed E-state index contributed by atoms with van der Waals surface area (Å²) in [7, 11) is -3.05. The first kappa shape index (κ1) is 17.4. The number of hydrogen-bond acceptors (Lipinski definition) is 7. The van der Waals surface area contributed by atoms with E-state index in [2.05, 4.69) is 10.2 Å². The second-order valence-electron chi connectivity index (χ2n) is 5.56. The molecule has 1 aliphatic rings. The van der Waals surface area contributed by atoms with E-state index in [9.17, 15) is 13.2 Å². The fourth-order valence-corrected chi connectivity index (χ4v) is 5.76. The molecule has 0 radical (unpaired) electrons. The molecule has 6 nitrogen and oxygen atoms in total. The molecule has 0 aliphatic carbocycles. The Kier molecular flexibility index (Phi) is 5.52. The van der Waals surface area contributed by atoms with Crippen molar-refractivity contribution >= 4 is 38.8 Å². The molecule has 3 rings (SSSR count). The number of carbonyl (C=O) groups excluding carboxylic acids is 1. The number of nitrogens with zero attached hydrogens (tertiary/aromatic N) is 3. The molecule has 9 heteroatoms. The number of carbonyl (C=O) groups is 1. The van der Waals surface area contributed by atoms with Gasteiger partial charge in [0.05, 0.1) is 17.3 Å². The Morgan fingerprint density at radius 1 is 1.33 bits per heavy atom. The van der Waals surface area contributed by atoms with Gasteiger partial charge in [-0.3, -0.25) is 4.79 Å². The van der Waals surface area contributed by atoms with E-state index < -0.39 is 9.84 Å². The Hall–Kier alpha value is -1.45. The number of amides is 1. The molecule has 1 aromatic carbocycles. The van der Waals surface area contributed by atoms with Crippen LogP contribution in [0.2, 0.25) is 0 Å². The number of benzene rings is 1. The van der Waals surface area contributed by atoms with Crippen LogP contribution in [0.25, 0.3) is 0 Å². The van der Waals surface area contributed by atoms with Gasteiger partial charge in [-0.25, -0.2) is 8.42 Å². The van der Waals surface area contributed by atoms with Crippen molar-refractivity contribution in [3.05, 3.63) is 41.4 Å². The van der Waals surface area contributed by atoms with Gasteiger partial charge in [0, 0.05) is 12.6 Å². The van der Waals surface area contributed by atoms with Crippen molar-refractivity contribution in [2.75, 3.05) is 17.3 Å². The zero-order valence-corrected chi connectivity index (χ0v) is 15.3. The zero-order chi connectivity index (χ0) is 17.0. The number of rotatable bonds is 6. The topological polar surface area (TPSA) is 80.2 Å². The summed E-state index contributed by atoms with van der Waals surface area (Å²) < 4.78 is 24.3. The van der Waals surface area contributed by atoms with Crippen molar-refractivity contribution in [2.45, 2.75) is 23.3 Å². The fraction of sp³-hybridized carbons (Fsp3) is 0.400. The minimum atomic E-state index is -3.05. The molecule has 1 saturated heterocycles. The lowest BCUT2D eigenvalue weighted by atomic mass is 10.1. The maximum Gasteiger partial charge on any atom is 0.233 e. The highest BCUT2D eigenvalue weighted by atomic mass is 32.2. The van der Waals surface area contributed by atoms with E-state index in [1.54, 1.807) is 10.4 Å². The highest BCUT2D eigenvalue weighted by Gasteiger charge is 2.34. The van der Waals surface area contributed by atoms with E-state index in [0.717, 1.165) is 9.90 Å². The van der Waals surface area contributed by atoms with Crippen LogP contribution in [0.15, 0.2) is 40.2 Å². The van der Waals surface area contributed by atoms with Crippen LogP contribution in [0.1, 0.15) is 12.0 Å². The van der Waals surface area contributed by atoms with Crippen molar-refractivity contribution in [1.82, 2.24) is 15.1 Å². The van der Waals surface area contributed by atoms with E-state index in [1.807, 2.05) is 30.3 Å². The molecule has 1 aliphatic heterocycles. The molecule has 1 amide bonds. The molecule has 0 saturated carbocycles. The molecule has 2 aromatic rings. The summed E-state index contributed by atoms with van der Waals surface area (Å²) in [6.45, 7) is 0.427. The summed E-state index contributed by atoms with van der Waals surface area (Å²) in [6, 6.07) is 9.39. The number of thioether (sulfide) groups is 1. The Bertz CT molecular complexity index is 779. The van der Waals surface area contributed by atoms with Crippen molar-refractivity contribution in [1.29, 1.82) is 0 Å². The molecule has 0 bridgehead atoms. The van der Waals surface area contributed by atoms with Crippen LogP contribution in [0.5, 0.6) is 0 Å². The summed E-state index contributed by atoms with van der Waals surface area (Å²) in [6.07, 6.45) is 0.504. The number of hydrogen-bond donors (Lipinski definition) is 0. The van der Waals surface area contributed by atoms with E-state index in [-0.39, 0.29) is 29.2 Å². The third-order valence-electron chi connectivity index (χ3n) is 3.82. The minimum absolute atomic E-state index is 0.0506. The molecule has 0 spiro atoms. The Labute approximate surface area is 149 Å². The van der Waals surface area contributed by atoms with Gasteiger partial charge in [-0.1, -0.05) is 53.4 Å². The van der Waals surface area contributed by atoms with Crippen LogP contribution < -0.4 is 0 Å². The van der Waals surface area contributed by atoms with Gasteiger partial charge in [0.25, 0.3) is 0 Å². The normalized spacial score (nSPS) is 19.2. The van der Waals surface area contributed by atoms with Gasteiger partial charge in [-0.15, -0.1) is 10.2 Å². The summed E-state index contributed by atoms with van der Waals surface area (Å²) in [5, 5.41) is 7.67. The molecule has 24 heavy (non-hydrogen) atoms. The third-order valence-corrected chi connectivity index (χ3v) is 7.42. The number of sulfone groups is 1. The Morgan fingerprint density at radius 3 is 2.75 bits per heavy atom. The van der Waals surface area contributed by atoms with Gasteiger partial charge < -0.3 is 4.90 Å². The van der Waals surface area contributed by atoms with Crippen LogP contribution >= 0.6 is 23.1 Å². The van der Waals surface area contributed by atoms with E-state index in [4.69, 9.17) is 0 Å². The van der Waals surface area contributed by atoms with Gasteiger partial charge in [0.1, 0.15) is 5.51 Å². The van der Waals surface area contributed by atoms with Gasteiger partial charge >= 0.3 is 0 Å². The smallest absolute Gasteiger partial charge is 0.233 e. The van der Waals surface area contributed by atoms with Crippen LogP contribution in [0.4, 0.5) is 0 Å². The molecule has 1 fully saturated rings. The Balaban J connectivity index is 1.72. The van der Waals surface area contributed by atoms with Gasteiger partial charge in [-0.05, 0) is 12.0 Å². The van der Waals surface area contributed by atoms with Crippen molar-refractivity contribution in [3.63, 3.8) is 0 Å². The predicted octanol–water partition coefficient (Wildman–Crippen LogP) is 1.85. The quantitative estimate of drug-likeness (QED) is 0.708. The maximum atomic E-state index is 12.7. The third kappa shape index (κ3) is 4.55. The lowest BCUT2D eigenvalue weighted by Gasteiger charge is -2.28. The molecule has 0 unspecified atom stereocenters. The van der Waals surface area contributed by atoms with Crippen molar-refractivity contribution in [2.24, 2.45) is 0 Å². The van der Waals surface area contributed by atoms with Gasteiger partial charge in [0.2, 0.25) is 5.91 Å². The second kappa shape index (κ2) is 7.62. The monoisotopic (exact) mass is 383 g/mol. The molecule has 1 aromatic heterocycles. The standard InChI is InChI=1S/C15H17N3O3S3/c19-14(9-22-15-17-16-11-23-15)18(8-12-4-2-1-3-5-12)13-6-7-24(20,21)10-13/h1-5,11,13H,6-10H2/t13-/m0/s1. The van der Waals surface area contributed by atoms with E-state index in [1.165, 1.54) is 23.1 Å². The first-order valence-corrected chi connectivity index (χ1v) is 11.1. The molecule has 128 valence electrons. The summed E-state index contributed by atoms with van der Waals surface area (Å²) in [5.74, 6) is 0.370. The van der Waals surface area contributed by atoms with Gasteiger partial charge in [0.15, 0.2) is 14.2 Å². The summed E-state index contributed by atoms with van der Waals surface area (Å²) in [4.78, 5) is 14.4. The molecule has 2 heterocycles. The minimum Gasteiger partial charge on any atom is -0.334 e. The maximum absolute atomic E-state index is 12.7. The lowest BCUT2D eigenvalue weighted by molar-refractivity contribution is -0.130. The SMILES string of the molecule is O=C(CSc1nncs1)N(Cc1ccccc1)[C@H]1CCS(=O)(=O)C1. The molecular formula is C15H17N3O3S3. The predicted molar refractivity (Wildman–Crippen MR) is 94.7 cm³/mol. The van der Waals surface area contributed by atoms with Crippen molar-refractivity contribution in [3.8, 4) is 0 Å². The highest BCUT2D eigenvalue weighted by Crippen LogP contribution is 2.24. The summed E-state index contributed by atoms with van der Waals surface area (Å²) >= 11 is 2.72. The molecule has 1 atom stereocenters. The first-order chi connectivity index (χ1) is 11.5. The van der Waals surface area contributed by atoms with Crippen LogP contribution in [0, 0.1) is 0 Å². The van der Waals surface area contributed by atoms with Crippen LogP contribution in [-0.2, 0) is 21.2 Å². The van der Waals surface area contributed by atoms with Crippen LogP contribution in [0.3, 0.4) is 0 Å². The fourth-order valence-electron chi connectivity index (χ4n) is 2.65. The average molecular weight is 384 g/mol. The largest absolute Gasteiger partial charge is 0.334 e. The van der Waals surface area contributed by atoms with Crippen LogP contribution in [-0.4, -0.2) is 52.7 Å². The second-order valence-corrected chi connectivity index (χ2v) is 9.84. The molecular weight excluding hydrogens is 366 g/mol. The van der Waals surface area contributed by atoms with E-state index >= 15 is 0 Å². The average Bonchev–Trinajstić information content (AvgIpc) is 3.20. The first-order valence-electron chi connectivity index (χ1n) is 7.46. The van der Waals surface area contributed by atoms with E-state index in [0.29, 0.717) is 13.0 Å². The van der Waals surface area contributed by atoms with Gasteiger partial charge in [-0.2, -0.15) is 0 Å². The Morgan fingerprint density at radius 2 is 2.12 bits per heavy atom. The zero-order valence-electron chi connectivity index (χ0n) is 12.9. The highest BCUT2D eigenvalue weighted by molar-refractivity contribution is 8.01. The summed E-state index contributed by atoms with van der Waals surface area (Å²) in [5.41, 5.74) is 2.62.